The molecule has 0 radical (unpaired) electrons. The second-order valence-corrected chi connectivity index (χ2v) is 2.40. The van der Waals surface area contributed by atoms with Crippen molar-refractivity contribution in [3.8, 4) is 0 Å². The van der Waals surface area contributed by atoms with Gasteiger partial charge in [-0.2, -0.15) is 0 Å². The Morgan fingerprint density at radius 3 is 2.91 bits per heavy atom. The van der Waals surface area contributed by atoms with Gasteiger partial charge in [-0.1, -0.05) is 13.8 Å². The van der Waals surface area contributed by atoms with Crippen molar-refractivity contribution in [2.24, 2.45) is 16.8 Å². The Labute approximate surface area is 65.6 Å². The van der Waals surface area contributed by atoms with Gasteiger partial charge in [-0.15, -0.1) is 5.10 Å². The zero-order valence-electron chi connectivity index (χ0n) is 6.70. The smallest absolute Gasteiger partial charge is 0.304 e. The first-order chi connectivity index (χ1) is 5.16. The van der Waals surface area contributed by atoms with Gasteiger partial charge in [0.25, 0.3) is 0 Å². The van der Waals surface area contributed by atoms with Crippen molar-refractivity contribution in [2.75, 3.05) is 6.61 Å². The van der Waals surface area contributed by atoms with Gasteiger partial charge < -0.3 is 10.5 Å². The van der Waals surface area contributed by atoms with E-state index in [4.69, 9.17) is 10.5 Å². The summed E-state index contributed by atoms with van der Waals surface area (Å²) in [7, 11) is 0. The zero-order valence-corrected chi connectivity index (χ0v) is 6.70. The minimum Gasteiger partial charge on any atom is -0.464 e. The summed E-state index contributed by atoms with van der Waals surface area (Å²) in [5, 5.41) is 3.37. The number of amidine groups is 1. The molecule has 1 amide bonds. The predicted molar refractivity (Wildman–Crippen MR) is 41.6 cm³/mol. The third-order valence-electron chi connectivity index (χ3n) is 0.792. The van der Waals surface area contributed by atoms with Gasteiger partial charge >= 0.3 is 6.02 Å². The van der Waals surface area contributed by atoms with Crippen molar-refractivity contribution in [2.45, 2.75) is 13.8 Å². The highest BCUT2D eigenvalue weighted by Crippen LogP contribution is 1.90. The van der Waals surface area contributed by atoms with E-state index in [-0.39, 0.29) is 6.02 Å². The Bertz CT molecular complexity index is 145. The molecule has 0 aromatic rings. The number of hydrogen-bond donors (Lipinski definition) is 2. The molecule has 5 nitrogen and oxygen atoms in total. The highest BCUT2D eigenvalue weighted by atomic mass is 16.5. The van der Waals surface area contributed by atoms with Crippen LogP contribution in [0.25, 0.3) is 0 Å². The molecule has 0 saturated heterocycles. The zero-order chi connectivity index (χ0) is 8.69. The molecule has 0 atom stereocenters. The lowest BCUT2D eigenvalue weighted by Crippen LogP contribution is -2.22. The van der Waals surface area contributed by atoms with E-state index in [1.807, 2.05) is 19.3 Å². The lowest BCUT2D eigenvalue weighted by atomic mass is 10.2. The first-order valence-corrected chi connectivity index (χ1v) is 3.32. The SMILES string of the molecule is CC(C)CO/C(N)=N/NC=O. The molecule has 0 fully saturated rings. The van der Waals surface area contributed by atoms with Crippen LogP contribution in [0.15, 0.2) is 5.10 Å². The molecule has 0 aliphatic carbocycles. The Balaban J connectivity index is 3.50. The van der Waals surface area contributed by atoms with Crippen molar-refractivity contribution in [3.05, 3.63) is 0 Å². The molecule has 0 spiro atoms. The van der Waals surface area contributed by atoms with E-state index < -0.39 is 0 Å². The molecule has 0 aromatic heterocycles. The molecule has 5 heteroatoms. The van der Waals surface area contributed by atoms with Gasteiger partial charge in [-0.25, -0.2) is 5.43 Å². The Morgan fingerprint density at radius 1 is 1.82 bits per heavy atom. The van der Waals surface area contributed by atoms with Crippen LogP contribution in [0, 0.1) is 5.92 Å². The minimum atomic E-state index is -0.0224. The van der Waals surface area contributed by atoms with Gasteiger partial charge in [0.2, 0.25) is 6.41 Å². The summed E-state index contributed by atoms with van der Waals surface area (Å²) in [6.45, 7) is 4.47. The summed E-state index contributed by atoms with van der Waals surface area (Å²) in [5.74, 6) is 0.389. The second kappa shape index (κ2) is 5.52. The molecular weight excluding hydrogens is 146 g/mol. The van der Waals surface area contributed by atoms with E-state index in [1.54, 1.807) is 0 Å². The summed E-state index contributed by atoms with van der Waals surface area (Å²) >= 11 is 0. The number of nitrogens with two attached hydrogens (primary N) is 1. The first kappa shape index (κ1) is 9.74. The average molecular weight is 159 g/mol. The molecule has 3 N–H and O–H groups in total. The number of nitrogens with one attached hydrogen (secondary N) is 1. The molecule has 0 unspecified atom stereocenters. The third kappa shape index (κ3) is 6.63. The number of carbonyl (C=O) groups is 1. The van der Waals surface area contributed by atoms with Crippen molar-refractivity contribution < 1.29 is 9.53 Å². The lowest BCUT2D eigenvalue weighted by molar-refractivity contribution is -0.109. The van der Waals surface area contributed by atoms with Gasteiger partial charge in [0.1, 0.15) is 0 Å². The van der Waals surface area contributed by atoms with Gasteiger partial charge in [0, 0.05) is 0 Å². The van der Waals surface area contributed by atoms with Crippen LogP contribution >= 0.6 is 0 Å². The quantitative estimate of drug-likeness (QED) is 0.254. The normalized spacial score (nSPS) is 11.4. The van der Waals surface area contributed by atoms with E-state index in [0.29, 0.717) is 18.9 Å². The minimum absolute atomic E-state index is 0.0224. The first-order valence-electron chi connectivity index (χ1n) is 3.32. The fourth-order valence-corrected chi connectivity index (χ4v) is 0.374. The summed E-state index contributed by atoms with van der Waals surface area (Å²) in [6.07, 6.45) is 0.422. The molecular formula is C6H13N3O2. The number of hydrogen-bond acceptors (Lipinski definition) is 3. The van der Waals surface area contributed by atoms with Gasteiger partial charge in [-0.05, 0) is 5.92 Å². The van der Waals surface area contributed by atoms with Crippen molar-refractivity contribution >= 4 is 12.4 Å². The molecule has 0 aromatic carbocycles. The van der Waals surface area contributed by atoms with Crippen LogP contribution in [0.5, 0.6) is 0 Å². The van der Waals surface area contributed by atoms with Crippen LogP contribution in [-0.2, 0) is 9.53 Å². The topological polar surface area (TPSA) is 76.7 Å². The molecule has 64 valence electrons. The third-order valence-corrected chi connectivity index (χ3v) is 0.792. The van der Waals surface area contributed by atoms with Crippen LogP contribution in [0.4, 0.5) is 0 Å². The predicted octanol–water partition coefficient (Wildman–Crippen LogP) is -0.365. The van der Waals surface area contributed by atoms with Crippen molar-refractivity contribution in [1.82, 2.24) is 5.43 Å². The lowest BCUT2D eigenvalue weighted by Gasteiger charge is -2.05. The highest BCUT2D eigenvalue weighted by molar-refractivity contribution is 5.72. The van der Waals surface area contributed by atoms with Crippen LogP contribution in [-0.4, -0.2) is 19.0 Å². The number of carbonyl (C=O) groups excluding carboxylic acids is 1. The second-order valence-electron chi connectivity index (χ2n) is 2.40. The van der Waals surface area contributed by atoms with Gasteiger partial charge in [0.15, 0.2) is 0 Å². The fourth-order valence-electron chi connectivity index (χ4n) is 0.374. The number of rotatable bonds is 4. The van der Waals surface area contributed by atoms with Crippen LogP contribution in [0.2, 0.25) is 0 Å². The number of amides is 1. The maximum absolute atomic E-state index is 9.72. The molecule has 11 heavy (non-hydrogen) atoms. The van der Waals surface area contributed by atoms with E-state index in [0.717, 1.165) is 0 Å². The van der Waals surface area contributed by atoms with Gasteiger partial charge in [-0.3, -0.25) is 4.79 Å². The van der Waals surface area contributed by atoms with E-state index >= 15 is 0 Å². The summed E-state index contributed by atoms with van der Waals surface area (Å²) in [6, 6.07) is -0.0224. The number of nitrogens with zero attached hydrogens (tertiary/aromatic N) is 1. The fraction of sp³-hybridized carbons (Fsp3) is 0.667. The Kier molecular flexibility index (Phi) is 4.89. The summed E-state index contributed by atoms with van der Waals surface area (Å²) < 4.78 is 4.91. The average Bonchev–Trinajstić information content (AvgIpc) is 1.97. The summed E-state index contributed by atoms with van der Waals surface area (Å²) in [5.41, 5.74) is 7.24. The Hall–Kier alpha value is -1.26. The van der Waals surface area contributed by atoms with E-state index in [2.05, 4.69) is 5.10 Å². The molecule has 0 aliphatic heterocycles. The maximum Gasteiger partial charge on any atom is 0.304 e. The molecule has 0 aliphatic rings. The molecule has 0 saturated carbocycles. The highest BCUT2D eigenvalue weighted by Gasteiger charge is 1.95. The Morgan fingerprint density at radius 2 is 2.45 bits per heavy atom. The van der Waals surface area contributed by atoms with Crippen molar-refractivity contribution in [3.63, 3.8) is 0 Å². The van der Waals surface area contributed by atoms with Crippen LogP contribution < -0.4 is 11.2 Å². The van der Waals surface area contributed by atoms with E-state index in [9.17, 15) is 4.79 Å². The largest absolute Gasteiger partial charge is 0.464 e. The van der Waals surface area contributed by atoms with Crippen molar-refractivity contribution in [1.29, 1.82) is 0 Å². The van der Waals surface area contributed by atoms with Gasteiger partial charge in [0.05, 0.1) is 6.61 Å². The van der Waals surface area contributed by atoms with Crippen LogP contribution in [0.1, 0.15) is 13.8 Å². The number of hydrazone groups is 1. The molecule has 0 heterocycles. The summed E-state index contributed by atoms with van der Waals surface area (Å²) in [4.78, 5) is 9.72. The standard InChI is InChI=1S/C6H13N3O2/c1-5(2)3-11-6(7)9-8-4-10/h4-5H,3H2,1-2H3,(H2,7,9)(H,8,10). The molecule has 0 rings (SSSR count). The monoisotopic (exact) mass is 159 g/mol. The number of ether oxygens (including phenoxy) is 1. The van der Waals surface area contributed by atoms with Crippen LogP contribution in [0.3, 0.4) is 0 Å². The molecule has 0 bridgehead atoms. The maximum atomic E-state index is 9.72. The van der Waals surface area contributed by atoms with E-state index in [1.165, 1.54) is 0 Å².